The van der Waals surface area contributed by atoms with Gasteiger partial charge in [-0.3, -0.25) is 9.36 Å². The summed E-state index contributed by atoms with van der Waals surface area (Å²) in [4.78, 5) is 16.5. The SMILES string of the molecule is CC(C)(C)c1ccc(Cn2c(-c3c(Cl)cc(C(F)(F)F)cc3Cl)nc(O)cc2=O)cc1. The van der Waals surface area contributed by atoms with Gasteiger partial charge >= 0.3 is 6.18 Å². The maximum Gasteiger partial charge on any atom is 0.416 e. The smallest absolute Gasteiger partial charge is 0.416 e. The molecule has 0 aliphatic rings. The van der Waals surface area contributed by atoms with Crippen LogP contribution >= 0.6 is 23.2 Å². The summed E-state index contributed by atoms with van der Waals surface area (Å²) in [5.41, 5.74) is 0.0923. The Morgan fingerprint density at radius 2 is 1.52 bits per heavy atom. The van der Waals surface area contributed by atoms with Crippen LogP contribution in [0.2, 0.25) is 10.0 Å². The summed E-state index contributed by atoms with van der Waals surface area (Å²) in [5, 5.41) is 9.17. The lowest BCUT2D eigenvalue weighted by Crippen LogP contribution is -2.23. The fraction of sp³-hybridized carbons (Fsp3) is 0.273. The zero-order valence-corrected chi connectivity index (χ0v) is 18.4. The van der Waals surface area contributed by atoms with Crippen LogP contribution in [0.3, 0.4) is 0 Å². The number of aromatic nitrogens is 2. The number of benzene rings is 2. The first kappa shape index (κ1) is 23.2. The van der Waals surface area contributed by atoms with Crippen molar-refractivity contribution in [1.82, 2.24) is 9.55 Å². The molecule has 2 aromatic carbocycles. The Hall–Kier alpha value is -2.51. The van der Waals surface area contributed by atoms with Crippen molar-refractivity contribution in [2.24, 2.45) is 0 Å². The highest BCUT2D eigenvalue weighted by Crippen LogP contribution is 2.40. The molecule has 4 nitrogen and oxygen atoms in total. The Morgan fingerprint density at radius 1 is 0.968 bits per heavy atom. The minimum absolute atomic E-state index is 0.0537. The van der Waals surface area contributed by atoms with Crippen LogP contribution in [0.1, 0.15) is 37.5 Å². The molecule has 0 unspecified atom stereocenters. The van der Waals surface area contributed by atoms with E-state index in [2.05, 4.69) is 25.8 Å². The monoisotopic (exact) mass is 470 g/mol. The van der Waals surface area contributed by atoms with Gasteiger partial charge in [0.15, 0.2) is 0 Å². The van der Waals surface area contributed by atoms with Gasteiger partial charge in [0.2, 0.25) is 5.88 Å². The normalized spacial score (nSPS) is 12.3. The van der Waals surface area contributed by atoms with Crippen LogP contribution in [-0.2, 0) is 18.1 Å². The van der Waals surface area contributed by atoms with E-state index in [1.165, 1.54) is 4.57 Å². The number of nitrogens with zero attached hydrogens (tertiary/aromatic N) is 2. The van der Waals surface area contributed by atoms with Crippen molar-refractivity contribution in [2.45, 2.75) is 38.9 Å². The van der Waals surface area contributed by atoms with Crippen LogP contribution in [0.4, 0.5) is 13.2 Å². The topological polar surface area (TPSA) is 55.1 Å². The Balaban J connectivity index is 2.13. The lowest BCUT2D eigenvalue weighted by Gasteiger charge is -2.20. The molecule has 1 N–H and O–H groups in total. The second-order valence-electron chi connectivity index (χ2n) is 8.12. The van der Waals surface area contributed by atoms with Crippen molar-refractivity contribution in [3.8, 4) is 17.3 Å². The highest BCUT2D eigenvalue weighted by molar-refractivity contribution is 6.39. The third-order valence-electron chi connectivity index (χ3n) is 4.75. The second-order valence-corrected chi connectivity index (χ2v) is 8.94. The molecule has 0 radical (unpaired) electrons. The Labute approximate surface area is 186 Å². The number of hydrogen-bond donors (Lipinski definition) is 1. The van der Waals surface area contributed by atoms with Crippen LogP contribution in [-0.4, -0.2) is 14.7 Å². The van der Waals surface area contributed by atoms with Crippen molar-refractivity contribution in [2.75, 3.05) is 0 Å². The Kier molecular flexibility index (Phi) is 6.13. The molecule has 0 amide bonds. The van der Waals surface area contributed by atoms with Crippen LogP contribution in [0.15, 0.2) is 47.3 Å². The summed E-state index contributed by atoms with van der Waals surface area (Å²) in [6.45, 7) is 6.27. The predicted molar refractivity (Wildman–Crippen MR) is 115 cm³/mol. The maximum atomic E-state index is 13.1. The first-order valence-corrected chi connectivity index (χ1v) is 10.00. The number of alkyl halides is 3. The van der Waals surface area contributed by atoms with Gasteiger partial charge in [-0.15, -0.1) is 0 Å². The van der Waals surface area contributed by atoms with Gasteiger partial charge in [-0.05, 0) is 28.7 Å². The van der Waals surface area contributed by atoms with Gasteiger partial charge in [-0.2, -0.15) is 18.2 Å². The van der Waals surface area contributed by atoms with E-state index in [0.717, 1.165) is 17.2 Å². The second kappa shape index (κ2) is 8.20. The van der Waals surface area contributed by atoms with Crippen molar-refractivity contribution < 1.29 is 18.3 Å². The molecule has 0 bridgehead atoms. The molecule has 1 heterocycles. The molecule has 0 fully saturated rings. The zero-order valence-electron chi connectivity index (χ0n) is 16.9. The lowest BCUT2D eigenvalue weighted by atomic mass is 9.87. The predicted octanol–water partition coefficient (Wildman–Crippen LogP) is 6.29. The lowest BCUT2D eigenvalue weighted by molar-refractivity contribution is -0.137. The number of hydrogen-bond acceptors (Lipinski definition) is 3. The summed E-state index contributed by atoms with van der Waals surface area (Å²) < 4.78 is 40.4. The average Bonchev–Trinajstić information content (AvgIpc) is 2.62. The van der Waals surface area contributed by atoms with Crippen molar-refractivity contribution in [3.05, 3.63) is 79.6 Å². The van der Waals surface area contributed by atoms with Crippen molar-refractivity contribution in [1.29, 1.82) is 0 Å². The molecule has 1 aromatic heterocycles. The van der Waals surface area contributed by atoms with E-state index in [1.807, 2.05) is 24.3 Å². The van der Waals surface area contributed by atoms with E-state index in [-0.39, 0.29) is 33.4 Å². The first-order valence-electron chi connectivity index (χ1n) is 9.24. The summed E-state index contributed by atoms with van der Waals surface area (Å²) >= 11 is 12.2. The summed E-state index contributed by atoms with van der Waals surface area (Å²) in [6, 6.07) is 9.90. The minimum Gasteiger partial charge on any atom is -0.493 e. The van der Waals surface area contributed by atoms with E-state index < -0.39 is 23.2 Å². The molecule has 0 spiro atoms. The fourth-order valence-electron chi connectivity index (χ4n) is 3.08. The molecule has 0 saturated carbocycles. The molecule has 0 aliphatic carbocycles. The third kappa shape index (κ3) is 5.05. The standard InChI is InChI=1S/C22H19Cl2F3N2O2/c1-21(2,3)13-6-4-12(5-7-13)11-29-18(31)10-17(30)28-20(29)19-15(23)8-14(9-16(19)24)22(25,26)27/h4-10,30H,11H2,1-3H3. The molecule has 0 atom stereocenters. The Bertz CT molecular complexity index is 1160. The molecule has 164 valence electrons. The Morgan fingerprint density at radius 3 is 2.00 bits per heavy atom. The molecule has 0 saturated heterocycles. The molecular formula is C22H19Cl2F3N2O2. The average molecular weight is 471 g/mol. The van der Waals surface area contributed by atoms with E-state index in [0.29, 0.717) is 12.1 Å². The van der Waals surface area contributed by atoms with Gasteiger partial charge in [0.05, 0.1) is 33.8 Å². The zero-order chi connectivity index (χ0) is 23.1. The van der Waals surface area contributed by atoms with Gasteiger partial charge in [0.25, 0.3) is 5.56 Å². The van der Waals surface area contributed by atoms with Crippen molar-refractivity contribution in [3.63, 3.8) is 0 Å². The molecule has 3 rings (SSSR count). The van der Waals surface area contributed by atoms with Crippen LogP contribution < -0.4 is 5.56 Å². The largest absolute Gasteiger partial charge is 0.493 e. The summed E-state index contributed by atoms with van der Waals surface area (Å²) in [5.74, 6) is -0.722. The van der Waals surface area contributed by atoms with Gasteiger partial charge in [0, 0.05) is 0 Å². The molecule has 0 aliphatic heterocycles. The van der Waals surface area contributed by atoms with Crippen molar-refractivity contribution >= 4 is 23.2 Å². The fourth-order valence-corrected chi connectivity index (χ4v) is 3.74. The van der Waals surface area contributed by atoms with Gasteiger partial charge in [-0.25, -0.2) is 0 Å². The van der Waals surface area contributed by atoms with Crippen LogP contribution in [0.25, 0.3) is 11.4 Å². The van der Waals surface area contributed by atoms with Gasteiger partial charge < -0.3 is 5.11 Å². The van der Waals surface area contributed by atoms with E-state index >= 15 is 0 Å². The number of rotatable bonds is 3. The molecule has 3 aromatic rings. The highest BCUT2D eigenvalue weighted by atomic mass is 35.5. The molecule has 9 heteroatoms. The minimum atomic E-state index is -4.65. The maximum absolute atomic E-state index is 13.1. The van der Waals surface area contributed by atoms with E-state index in [9.17, 15) is 23.1 Å². The highest BCUT2D eigenvalue weighted by Gasteiger charge is 2.32. The van der Waals surface area contributed by atoms with Gasteiger partial charge in [-0.1, -0.05) is 68.2 Å². The summed E-state index contributed by atoms with van der Waals surface area (Å²) in [7, 11) is 0. The van der Waals surface area contributed by atoms with Crippen LogP contribution in [0.5, 0.6) is 5.88 Å². The summed E-state index contributed by atoms with van der Waals surface area (Å²) in [6.07, 6.45) is -4.65. The van der Waals surface area contributed by atoms with Gasteiger partial charge in [0.1, 0.15) is 5.82 Å². The molecular weight excluding hydrogens is 452 g/mol. The first-order chi connectivity index (χ1) is 14.3. The molecule has 31 heavy (non-hydrogen) atoms. The third-order valence-corrected chi connectivity index (χ3v) is 5.34. The van der Waals surface area contributed by atoms with Crippen LogP contribution in [0, 0.1) is 0 Å². The number of halogens is 5. The quantitative estimate of drug-likeness (QED) is 0.489. The van der Waals surface area contributed by atoms with E-state index in [1.54, 1.807) is 0 Å². The van der Waals surface area contributed by atoms with E-state index in [4.69, 9.17) is 23.2 Å². The number of aromatic hydroxyl groups is 1.